The molecule has 1 aliphatic heterocycles. The lowest BCUT2D eigenvalue weighted by Gasteiger charge is -2.36. The van der Waals surface area contributed by atoms with E-state index in [1.54, 1.807) is 0 Å². The highest BCUT2D eigenvalue weighted by Gasteiger charge is 2.61. The van der Waals surface area contributed by atoms with Gasteiger partial charge in [-0.1, -0.05) is 30.3 Å². The number of ether oxygens (including phenoxy) is 1. The smallest absolute Gasteiger partial charge is 0.327 e. The van der Waals surface area contributed by atoms with E-state index in [1.807, 2.05) is 58.0 Å². The molecule has 110 valence electrons. The van der Waals surface area contributed by atoms with Crippen molar-refractivity contribution >= 4 is 5.97 Å². The van der Waals surface area contributed by atoms with Crippen molar-refractivity contribution in [1.29, 1.82) is 0 Å². The van der Waals surface area contributed by atoms with Crippen molar-refractivity contribution in [2.75, 3.05) is 0 Å². The Morgan fingerprint density at radius 1 is 1.25 bits per heavy atom. The summed E-state index contributed by atoms with van der Waals surface area (Å²) in [5.41, 5.74) is -1.23. The number of hydrogen-bond donors (Lipinski definition) is 2. The first-order valence-corrected chi connectivity index (χ1v) is 6.91. The van der Waals surface area contributed by atoms with Crippen molar-refractivity contribution in [3.05, 3.63) is 35.9 Å². The standard InChI is InChI=1S/C16H23NO3/c1-14(2)11-16(13(18)19,15(3,4)20-14)17-10-12-8-6-5-7-9-12/h5-9,17H,10-11H2,1-4H3,(H,18,19). The third-order valence-corrected chi connectivity index (χ3v) is 4.05. The van der Waals surface area contributed by atoms with E-state index in [2.05, 4.69) is 5.32 Å². The fraction of sp³-hybridized carbons (Fsp3) is 0.562. The van der Waals surface area contributed by atoms with Crippen LogP contribution in [-0.2, 0) is 16.1 Å². The average molecular weight is 277 g/mol. The monoisotopic (exact) mass is 277 g/mol. The summed E-state index contributed by atoms with van der Waals surface area (Å²) in [5, 5.41) is 13.0. The summed E-state index contributed by atoms with van der Waals surface area (Å²) in [6, 6.07) is 9.81. The first kappa shape index (κ1) is 15.0. The van der Waals surface area contributed by atoms with Gasteiger partial charge in [0.05, 0.1) is 11.2 Å². The molecule has 0 amide bonds. The molecule has 0 bridgehead atoms. The summed E-state index contributed by atoms with van der Waals surface area (Å²) in [7, 11) is 0. The molecule has 2 N–H and O–H groups in total. The van der Waals surface area contributed by atoms with Gasteiger partial charge in [0.25, 0.3) is 0 Å². The number of aliphatic carboxylic acids is 1. The molecule has 0 radical (unpaired) electrons. The van der Waals surface area contributed by atoms with Crippen LogP contribution in [0.2, 0.25) is 0 Å². The molecule has 4 heteroatoms. The van der Waals surface area contributed by atoms with Gasteiger partial charge in [-0.2, -0.15) is 0 Å². The van der Waals surface area contributed by atoms with E-state index in [0.717, 1.165) is 5.56 Å². The Morgan fingerprint density at radius 2 is 1.85 bits per heavy atom. The minimum atomic E-state index is -1.08. The van der Waals surface area contributed by atoms with E-state index in [4.69, 9.17) is 4.74 Å². The molecule has 4 nitrogen and oxygen atoms in total. The average Bonchev–Trinajstić information content (AvgIpc) is 2.53. The van der Waals surface area contributed by atoms with Crippen LogP contribution in [0, 0.1) is 0 Å². The van der Waals surface area contributed by atoms with Gasteiger partial charge in [-0.25, -0.2) is 0 Å². The first-order chi connectivity index (χ1) is 9.19. The normalized spacial score (nSPS) is 27.4. The Morgan fingerprint density at radius 3 is 2.30 bits per heavy atom. The van der Waals surface area contributed by atoms with Crippen LogP contribution < -0.4 is 5.32 Å². The van der Waals surface area contributed by atoms with Crippen LogP contribution in [0.4, 0.5) is 0 Å². The maximum Gasteiger partial charge on any atom is 0.327 e. The Labute approximate surface area is 120 Å². The topological polar surface area (TPSA) is 58.6 Å². The molecule has 1 aromatic rings. The lowest BCUT2D eigenvalue weighted by Crippen LogP contribution is -2.62. The van der Waals surface area contributed by atoms with Crippen molar-refractivity contribution in [2.45, 2.75) is 57.4 Å². The highest BCUT2D eigenvalue weighted by Crippen LogP contribution is 2.45. The van der Waals surface area contributed by atoms with E-state index in [-0.39, 0.29) is 0 Å². The number of rotatable bonds is 4. The molecule has 20 heavy (non-hydrogen) atoms. The van der Waals surface area contributed by atoms with Gasteiger partial charge >= 0.3 is 5.97 Å². The van der Waals surface area contributed by atoms with E-state index >= 15 is 0 Å². The zero-order chi connectivity index (χ0) is 15.0. The Bertz CT molecular complexity index is 496. The van der Waals surface area contributed by atoms with Crippen LogP contribution in [0.15, 0.2) is 30.3 Å². The van der Waals surface area contributed by atoms with Gasteiger partial charge in [-0.05, 0) is 33.3 Å². The van der Waals surface area contributed by atoms with Crippen molar-refractivity contribution in [1.82, 2.24) is 5.32 Å². The molecular weight excluding hydrogens is 254 g/mol. The van der Waals surface area contributed by atoms with Gasteiger partial charge < -0.3 is 9.84 Å². The second kappa shape index (κ2) is 4.86. The highest BCUT2D eigenvalue weighted by atomic mass is 16.5. The highest BCUT2D eigenvalue weighted by molar-refractivity contribution is 5.81. The summed E-state index contributed by atoms with van der Waals surface area (Å²) in [6.07, 6.45) is 0.440. The number of carboxylic acid groups (broad SMARTS) is 1. The molecule has 0 saturated carbocycles. The predicted molar refractivity (Wildman–Crippen MR) is 77.5 cm³/mol. The molecule has 1 unspecified atom stereocenters. The van der Waals surface area contributed by atoms with E-state index in [1.165, 1.54) is 0 Å². The number of nitrogens with one attached hydrogen (secondary N) is 1. The lowest BCUT2D eigenvalue weighted by molar-refractivity contribution is -0.153. The van der Waals surface area contributed by atoms with Crippen molar-refractivity contribution in [3.8, 4) is 0 Å². The van der Waals surface area contributed by atoms with Crippen LogP contribution >= 0.6 is 0 Å². The van der Waals surface area contributed by atoms with Crippen LogP contribution in [0.1, 0.15) is 39.7 Å². The van der Waals surface area contributed by atoms with Gasteiger partial charge in [0.1, 0.15) is 5.54 Å². The Hall–Kier alpha value is -1.39. The van der Waals surface area contributed by atoms with Gasteiger partial charge in [-0.15, -0.1) is 0 Å². The number of hydrogen-bond acceptors (Lipinski definition) is 3. The molecule has 0 aliphatic carbocycles. The summed E-state index contributed by atoms with van der Waals surface area (Å²) in [6.45, 7) is 8.06. The molecule has 1 aliphatic rings. The predicted octanol–water partition coefficient (Wildman–Crippen LogP) is 2.58. The van der Waals surface area contributed by atoms with Crippen LogP contribution in [0.25, 0.3) is 0 Å². The largest absolute Gasteiger partial charge is 0.480 e. The molecule has 0 aromatic heterocycles. The number of benzene rings is 1. The fourth-order valence-corrected chi connectivity index (χ4v) is 3.20. The molecule has 0 spiro atoms. The second-order valence-electron chi connectivity index (χ2n) is 6.60. The van der Waals surface area contributed by atoms with Gasteiger partial charge in [0, 0.05) is 13.0 Å². The minimum Gasteiger partial charge on any atom is -0.480 e. The maximum absolute atomic E-state index is 11.9. The van der Waals surface area contributed by atoms with E-state index in [0.29, 0.717) is 13.0 Å². The molecule has 1 aromatic carbocycles. The van der Waals surface area contributed by atoms with Crippen molar-refractivity contribution < 1.29 is 14.6 Å². The van der Waals surface area contributed by atoms with Crippen LogP contribution in [0.5, 0.6) is 0 Å². The summed E-state index contributed by atoms with van der Waals surface area (Å²) in [4.78, 5) is 11.9. The second-order valence-corrected chi connectivity index (χ2v) is 6.60. The molecule has 1 heterocycles. The zero-order valence-corrected chi connectivity index (χ0v) is 12.6. The van der Waals surface area contributed by atoms with Gasteiger partial charge in [0.15, 0.2) is 0 Å². The molecule has 1 atom stereocenters. The fourth-order valence-electron chi connectivity index (χ4n) is 3.20. The molecule has 1 fully saturated rings. The Kier molecular flexibility index (Phi) is 3.65. The van der Waals surface area contributed by atoms with Crippen molar-refractivity contribution in [3.63, 3.8) is 0 Å². The van der Waals surface area contributed by atoms with E-state index < -0.39 is 22.7 Å². The van der Waals surface area contributed by atoms with E-state index in [9.17, 15) is 9.90 Å². The minimum absolute atomic E-state index is 0.440. The lowest BCUT2D eigenvalue weighted by atomic mass is 9.79. The zero-order valence-electron chi connectivity index (χ0n) is 12.6. The third kappa shape index (κ3) is 2.58. The van der Waals surface area contributed by atoms with Crippen molar-refractivity contribution in [2.24, 2.45) is 0 Å². The molecule has 2 rings (SSSR count). The van der Waals surface area contributed by atoms with Gasteiger partial charge in [0.2, 0.25) is 0 Å². The quantitative estimate of drug-likeness (QED) is 0.888. The number of carbonyl (C=O) groups is 1. The van der Waals surface area contributed by atoms with Gasteiger partial charge in [-0.3, -0.25) is 10.1 Å². The first-order valence-electron chi connectivity index (χ1n) is 6.91. The maximum atomic E-state index is 11.9. The number of carboxylic acids is 1. The third-order valence-electron chi connectivity index (χ3n) is 4.05. The summed E-state index contributed by atoms with van der Waals surface area (Å²) in [5.74, 6) is -0.857. The molecule has 1 saturated heterocycles. The molecular formula is C16H23NO3. The van der Waals surface area contributed by atoms with Crippen LogP contribution in [0.3, 0.4) is 0 Å². The summed E-state index contributed by atoms with van der Waals surface area (Å²) < 4.78 is 5.96. The Balaban J connectivity index is 2.25. The SMILES string of the molecule is CC1(C)CC(NCc2ccccc2)(C(=O)O)C(C)(C)O1. The summed E-state index contributed by atoms with van der Waals surface area (Å²) >= 11 is 0. The van der Waals surface area contributed by atoms with Crippen LogP contribution in [-0.4, -0.2) is 27.8 Å².